The molecule has 7 nitrogen and oxygen atoms in total. The van der Waals surface area contributed by atoms with Crippen LogP contribution >= 0.6 is 46.0 Å². The lowest BCUT2D eigenvalue weighted by atomic mass is 10.0. The van der Waals surface area contributed by atoms with Crippen molar-refractivity contribution in [1.82, 2.24) is 20.1 Å². The maximum atomic E-state index is 12.9. The van der Waals surface area contributed by atoms with E-state index in [4.69, 9.17) is 11.6 Å². The molecule has 0 saturated heterocycles. The zero-order chi connectivity index (χ0) is 25.5. The van der Waals surface area contributed by atoms with E-state index in [9.17, 15) is 9.59 Å². The maximum Gasteiger partial charge on any atom is 0.253 e. The SMILES string of the molecule is C=CCn1c(SCC(=O)Nc2ccc(I)cc2C)nnc1C(NC(=O)c1ccccc1Cl)C(C)C. The van der Waals surface area contributed by atoms with Gasteiger partial charge < -0.3 is 15.2 Å². The number of anilines is 1. The Bertz CT molecular complexity index is 1230. The number of nitrogens with zero attached hydrogens (tertiary/aromatic N) is 3. The molecule has 2 N–H and O–H groups in total. The van der Waals surface area contributed by atoms with E-state index in [-0.39, 0.29) is 23.5 Å². The summed E-state index contributed by atoms with van der Waals surface area (Å²) >= 11 is 9.74. The Hall–Kier alpha value is -2.37. The minimum absolute atomic E-state index is 0.0270. The third-order valence-electron chi connectivity index (χ3n) is 5.20. The number of allylic oxidation sites excluding steroid dienone is 1. The van der Waals surface area contributed by atoms with Crippen LogP contribution in [-0.4, -0.2) is 32.3 Å². The molecule has 1 atom stereocenters. The Morgan fingerprint density at radius 2 is 1.97 bits per heavy atom. The first kappa shape index (κ1) is 27.2. The third kappa shape index (κ3) is 7.08. The van der Waals surface area contributed by atoms with Gasteiger partial charge in [-0.25, -0.2) is 0 Å². The molecule has 35 heavy (non-hydrogen) atoms. The summed E-state index contributed by atoms with van der Waals surface area (Å²) in [5.74, 6) is 0.361. The number of rotatable bonds is 10. The molecule has 1 aromatic heterocycles. The van der Waals surface area contributed by atoms with Gasteiger partial charge in [-0.15, -0.1) is 16.8 Å². The molecule has 1 heterocycles. The van der Waals surface area contributed by atoms with E-state index in [1.807, 2.05) is 43.5 Å². The van der Waals surface area contributed by atoms with Gasteiger partial charge in [-0.3, -0.25) is 9.59 Å². The van der Waals surface area contributed by atoms with Crippen molar-refractivity contribution in [3.63, 3.8) is 0 Å². The maximum absolute atomic E-state index is 12.9. The Morgan fingerprint density at radius 3 is 2.63 bits per heavy atom. The van der Waals surface area contributed by atoms with Gasteiger partial charge in [-0.1, -0.05) is 55.4 Å². The Kier molecular flexibility index (Phi) is 9.76. The smallest absolute Gasteiger partial charge is 0.253 e. The van der Waals surface area contributed by atoms with Gasteiger partial charge in [-0.2, -0.15) is 0 Å². The highest BCUT2D eigenvalue weighted by molar-refractivity contribution is 14.1. The van der Waals surface area contributed by atoms with Gasteiger partial charge in [0, 0.05) is 15.8 Å². The van der Waals surface area contributed by atoms with E-state index in [1.165, 1.54) is 11.8 Å². The fraction of sp³-hybridized carbons (Fsp3) is 0.280. The molecule has 1 unspecified atom stereocenters. The molecule has 0 aliphatic heterocycles. The predicted molar refractivity (Wildman–Crippen MR) is 150 cm³/mol. The van der Waals surface area contributed by atoms with E-state index in [2.05, 4.69) is 50.0 Å². The van der Waals surface area contributed by atoms with Gasteiger partial charge in [0.15, 0.2) is 11.0 Å². The highest BCUT2D eigenvalue weighted by atomic mass is 127. The monoisotopic (exact) mass is 623 g/mol. The molecule has 0 saturated carbocycles. The second-order valence-electron chi connectivity index (χ2n) is 8.21. The van der Waals surface area contributed by atoms with Crippen molar-refractivity contribution in [2.24, 2.45) is 5.92 Å². The summed E-state index contributed by atoms with van der Waals surface area (Å²) in [4.78, 5) is 25.5. The number of nitrogens with one attached hydrogen (secondary N) is 2. The molecule has 0 bridgehead atoms. The molecule has 184 valence electrons. The Labute approximate surface area is 228 Å². The van der Waals surface area contributed by atoms with Crippen LogP contribution in [0.5, 0.6) is 0 Å². The zero-order valence-electron chi connectivity index (χ0n) is 19.7. The fourth-order valence-electron chi connectivity index (χ4n) is 3.41. The van der Waals surface area contributed by atoms with Crippen LogP contribution in [0.25, 0.3) is 0 Å². The standard InChI is InChI=1S/C25H27ClIN5O2S/c1-5-12-32-23(22(15(2)3)29-24(34)18-8-6-7-9-19(18)26)30-31-25(32)35-14-21(33)28-20-11-10-17(27)13-16(20)4/h5-11,13,15,22H,1,12,14H2,2-4H3,(H,28,33)(H,29,34). The highest BCUT2D eigenvalue weighted by Crippen LogP contribution is 2.27. The number of halogens is 2. The van der Waals surface area contributed by atoms with Gasteiger partial charge >= 0.3 is 0 Å². The number of benzene rings is 2. The van der Waals surface area contributed by atoms with Crippen molar-refractivity contribution < 1.29 is 9.59 Å². The van der Waals surface area contributed by atoms with Gasteiger partial charge in [-0.05, 0) is 71.3 Å². The van der Waals surface area contributed by atoms with Crippen LogP contribution < -0.4 is 10.6 Å². The number of aromatic nitrogens is 3. The number of aryl methyl sites for hydroxylation is 1. The second-order valence-corrected chi connectivity index (χ2v) is 10.8. The minimum Gasteiger partial charge on any atom is -0.342 e. The minimum atomic E-state index is -0.413. The zero-order valence-corrected chi connectivity index (χ0v) is 23.4. The molecule has 0 spiro atoms. The van der Waals surface area contributed by atoms with E-state index >= 15 is 0 Å². The van der Waals surface area contributed by atoms with E-state index in [0.29, 0.717) is 28.1 Å². The van der Waals surface area contributed by atoms with Crippen molar-refractivity contribution in [3.05, 3.63) is 80.7 Å². The average molecular weight is 624 g/mol. The molecular formula is C25H27ClIN5O2S. The molecule has 3 rings (SSSR count). The molecule has 2 aromatic carbocycles. The van der Waals surface area contributed by atoms with E-state index in [1.54, 1.807) is 30.3 Å². The summed E-state index contributed by atoms with van der Waals surface area (Å²) in [6, 6.07) is 12.3. The van der Waals surface area contributed by atoms with Gasteiger partial charge in [0.25, 0.3) is 5.91 Å². The molecule has 0 fully saturated rings. The average Bonchev–Trinajstić information content (AvgIpc) is 3.20. The quantitative estimate of drug-likeness (QED) is 0.167. The molecule has 0 aliphatic carbocycles. The lowest BCUT2D eigenvalue weighted by molar-refractivity contribution is -0.113. The summed E-state index contributed by atoms with van der Waals surface area (Å²) in [7, 11) is 0. The third-order valence-corrected chi connectivity index (χ3v) is 7.17. The van der Waals surface area contributed by atoms with Crippen LogP contribution in [0.3, 0.4) is 0 Å². The molecular weight excluding hydrogens is 597 g/mol. The van der Waals surface area contributed by atoms with Crippen LogP contribution in [0.4, 0.5) is 5.69 Å². The Balaban J connectivity index is 1.76. The first-order chi connectivity index (χ1) is 16.7. The number of carbonyl (C=O) groups excluding carboxylic acids is 2. The van der Waals surface area contributed by atoms with Crippen molar-refractivity contribution in [1.29, 1.82) is 0 Å². The topological polar surface area (TPSA) is 88.9 Å². The van der Waals surface area contributed by atoms with Gasteiger partial charge in [0.2, 0.25) is 5.91 Å². The first-order valence-electron chi connectivity index (χ1n) is 11.0. The number of thioether (sulfide) groups is 1. The molecule has 3 aromatic rings. The van der Waals surface area contributed by atoms with Crippen LogP contribution in [0, 0.1) is 16.4 Å². The largest absolute Gasteiger partial charge is 0.342 e. The Morgan fingerprint density at radius 1 is 1.23 bits per heavy atom. The lowest BCUT2D eigenvalue weighted by Crippen LogP contribution is -2.34. The lowest BCUT2D eigenvalue weighted by Gasteiger charge is -2.23. The van der Waals surface area contributed by atoms with Crippen molar-refractivity contribution in [3.8, 4) is 0 Å². The van der Waals surface area contributed by atoms with Crippen LogP contribution in [-0.2, 0) is 11.3 Å². The molecule has 10 heteroatoms. The van der Waals surface area contributed by atoms with Crippen molar-refractivity contribution in [2.45, 2.75) is 38.5 Å². The van der Waals surface area contributed by atoms with Gasteiger partial charge in [0.1, 0.15) is 0 Å². The van der Waals surface area contributed by atoms with Crippen LogP contribution in [0.2, 0.25) is 5.02 Å². The summed E-state index contributed by atoms with van der Waals surface area (Å²) in [5.41, 5.74) is 2.18. The van der Waals surface area contributed by atoms with Crippen LogP contribution in [0.15, 0.2) is 60.3 Å². The number of hydrogen-bond acceptors (Lipinski definition) is 5. The summed E-state index contributed by atoms with van der Waals surface area (Å²) in [6.45, 7) is 10.2. The molecule has 0 radical (unpaired) electrons. The molecule has 0 aliphatic rings. The number of amides is 2. The van der Waals surface area contributed by atoms with E-state index in [0.717, 1.165) is 14.8 Å². The van der Waals surface area contributed by atoms with Crippen molar-refractivity contribution >= 4 is 63.5 Å². The number of carbonyl (C=O) groups is 2. The fourth-order valence-corrected chi connectivity index (χ4v) is 5.04. The number of hydrogen-bond donors (Lipinski definition) is 2. The molecule has 2 amide bonds. The summed E-state index contributed by atoms with van der Waals surface area (Å²) in [5, 5.41) is 15.6. The highest BCUT2D eigenvalue weighted by Gasteiger charge is 2.27. The van der Waals surface area contributed by atoms with Crippen LogP contribution in [0.1, 0.15) is 41.6 Å². The summed E-state index contributed by atoms with van der Waals surface area (Å²) < 4.78 is 2.98. The first-order valence-corrected chi connectivity index (χ1v) is 13.4. The van der Waals surface area contributed by atoms with Gasteiger partial charge in [0.05, 0.1) is 22.4 Å². The summed E-state index contributed by atoms with van der Waals surface area (Å²) in [6.07, 6.45) is 1.74. The van der Waals surface area contributed by atoms with E-state index < -0.39 is 6.04 Å². The van der Waals surface area contributed by atoms with Crippen molar-refractivity contribution in [2.75, 3.05) is 11.1 Å². The predicted octanol–water partition coefficient (Wildman–Crippen LogP) is 5.89. The normalized spacial score (nSPS) is 11.8. The second kappa shape index (κ2) is 12.5.